The molecule has 4 nitrogen and oxygen atoms in total. The summed E-state index contributed by atoms with van der Waals surface area (Å²) in [5, 5.41) is 8.65. The van der Waals surface area contributed by atoms with Gasteiger partial charge < -0.3 is 5.73 Å². The van der Waals surface area contributed by atoms with Gasteiger partial charge in [0.25, 0.3) is 0 Å². The standard InChI is InChI=1S/C11H13ClN4/c1-8-2-3-9(11(12)4-8)6-16-7-10(5-13)14-15-16/h2-4,7H,5-6,13H2,1H3. The van der Waals surface area contributed by atoms with Gasteiger partial charge in [0.15, 0.2) is 0 Å². The zero-order valence-electron chi connectivity index (χ0n) is 9.02. The van der Waals surface area contributed by atoms with Crippen molar-refractivity contribution in [1.82, 2.24) is 15.0 Å². The summed E-state index contributed by atoms with van der Waals surface area (Å²) >= 11 is 6.13. The van der Waals surface area contributed by atoms with Crippen LogP contribution in [-0.4, -0.2) is 15.0 Å². The van der Waals surface area contributed by atoms with Crippen LogP contribution in [0.3, 0.4) is 0 Å². The molecule has 0 radical (unpaired) electrons. The predicted octanol–water partition coefficient (Wildman–Crippen LogP) is 1.75. The number of aryl methyl sites for hydroxylation is 1. The molecule has 1 aromatic heterocycles. The van der Waals surface area contributed by atoms with Gasteiger partial charge in [0.2, 0.25) is 0 Å². The van der Waals surface area contributed by atoms with Gasteiger partial charge in [-0.15, -0.1) is 5.10 Å². The Morgan fingerprint density at radius 1 is 1.44 bits per heavy atom. The second-order valence-corrected chi connectivity index (χ2v) is 4.11. The van der Waals surface area contributed by atoms with Crippen molar-refractivity contribution in [3.05, 3.63) is 46.2 Å². The van der Waals surface area contributed by atoms with E-state index in [2.05, 4.69) is 10.3 Å². The van der Waals surface area contributed by atoms with Crippen molar-refractivity contribution in [2.24, 2.45) is 5.73 Å². The van der Waals surface area contributed by atoms with Crippen molar-refractivity contribution in [3.8, 4) is 0 Å². The molecular formula is C11H13ClN4. The van der Waals surface area contributed by atoms with Crippen molar-refractivity contribution >= 4 is 11.6 Å². The third kappa shape index (κ3) is 2.40. The molecule has 0 bridgehead atoms. The number of benzene rings is 1. The minimum absolute atomic E-state index is 0.404. The topological polar surface area (TPSA) is 56.7 Å². The molecule has 84 valence electrons. The van der Waals surface area contributed by atoms with Crippen LogP contribution in [0.1, 0.15) is 16.8 Å². The minimum atomic E-state index is 0.404. The van der Waals surface area contributed by atoms with E-state index >= 15 is 0 Å². The first-order valence-electron chi connectivity index (χ1n) is 5.03. The zero-order valence-corrected chi connectivity index (χ0v) is 9.78. The van der Waals surface area contributed by atoms with Crippen LogP contribution >= 0.6 is 11.6 Å². The third-order valence-corrected chi connectivity index (χ3v) is 2.69. The fourth-order valence-corrected chi connectivity index (χ4v) is 1.76. The average molecular weight is 237 g/mol. The summed E-state index contributed by atoms with van der Waals surface area (Å²) in [5.41, 5.74) is 8.42. The van der Waals surface area contributed by atoms with Crippen molar-refractivity contribution in [1.29, 1.82) is 0 Å². The van der Waals surface area contributed by atoms with Crippen LogP contribution in [0.4, 0.5) is 0 Å². The van der Waals surface area contributed by atoms with Gasteiger partial charge in [0.1, 0.15) is 0 Å². The smallest absolute Gasteiger partial charge is 0.0962 e. The molecule has 0 aliphatic carbocycles. The molecule has 0 amide bonds. The molecule has 0 spiro atoms. The summed E-state index contributed by atoms with van der Waals surface area (Å²) in [6.07, 6.45) is 1.83. The van der Waals surface area contributed by atoms with Crippen molar-refractivity contribution in [2.75, 3.05) is 0 Å². The largest absolute Gasteiger partial charge is 0.325 e. The molecule has 0 unspecified atom stereocenters. The number of hydrogen-bond donors (Lipinski definition) is 1. The number of aromatic nitrogens is 3. The fourth-order valence-electron chi connectivity index (χ4n) is 1.46. The lowest BCUT2D eigenvalue weighted by molar-refractivity contribution is 0.649. The molecule has 0 saturated heterocycles. The quantitative estimate of drug-likeness (QED) is 0.883. The van der Waals surface area contributed by atoms with E-state index in [0.717, 1.165) is 21.8 Å². The van der Waals surface area contributed by atoms with Crippen LogP contribution in [0, 0.1) is 6.92 Å². The second kappa shape index (κ2) is 4.63. The second-order valence-electron chi connectivity index (χ2n) is 3.71. The van der Waals surface area contributed by atoms with Crippen LogP contribution in [0.5, 0.6) is 0 Å². The van der Waals surface area contributed by atoms with Gasteiger partial charge in [-0.2, -0.15) is 0 Å². The molecule has 0 aliphatic rings. The molecular weight excluding hydrogens is 224 g/mol. The Hall–Kier alpha value is -1.39. The summed E-state index contributed by atoms with van der Waals surface area (Å²) in [6, 6.07) is 5.97. The highest BCUT2D eigenvalue weighted by molar-refractivity contribution is 6.31. The van der Waals surface area contributed by atoms with Crippen molar-refractivity contribution < 1.29 is 0 Å². The van der Waals surface area contributed by atoms with Crippen LogP contribution in [0.25, 0.3) is 0 Å². The van der Waals surface area contributed by atoms with Crippen LogP contribution < -0.4 is 5.73 Å². The maximum Gasteiger partial charge on any atom is 0.0962 e. The molecule has 0 atom stereocenters. The molecule has 1 aromatic carbocycles. The molecule has 2 rings (SSSR count). The number of hydrogen-bond acceptors (Lipinski definition) is 3. The summed E-state index contributed by atoms with van der Waals surface area (Å²) < 4.78 is 1.73. The van der Waals surface area contributed by atoms with E-state index in [1.165, 1.54) is 0 Å². The Morgan fingerprint density at radius 3 is 2.88 bits per heavy atom. The molecule has 1 heterocycles. The molecule has 16 heavy (non-hydrogen) atoms. The summed E-state index contributed by atoms with van der Waals surface area (Å²) in [4.78, 5) is 0. The van der Waals surface area contributed by atoms with Crippen LogP contribution in [0.2, 0.25) is 5.02 Å². The van der Waals surface area contributed by atoms with E-state index in [4.69, 9.17) is 17.3 Å². The van der Waals surface area contributed by atoms with E-state index in [1.807, 2.05) is 31.3 Å². The summed E-state index contributed by atoms with van der Waals surface area (Å²) in [5.74, 6) is 0. The lowest BCUT2D eigenvalue weighted by Crippen LogP contribution is -2.01. The molecule has 0 aliphatic heterocycles. The number of rotatable bonds is 3. The van der Waals surface area contributed by atoms with E-state index in [9.17, 15) is 0 Å². The van der Waals surface area contributed by atoms with Crippen molar-refractivity contribution in [2.45, 2.75) is 20.0 Å². The Kier molecular flexibility index (Phi) is 3.22. The Labute approximate surface area is 99.0 Å². The Balaban J connectivity index is 2.20. The van der Waals surface area contributed by atoms with Crippen LogP contribution in [0.15, 0.2) is 24.4 Å². The van der Waals surface area contributed by atoms with E-state index in [1.54, 1.807) is 4.68 Å². The van der Waals surface area contributed by atoms with Crippen LogP contribution in [-0.2, 0) is 13.1 Å². The SMILES string of the molecule is Cc1ccc(Cn2cc(CN)nn2)c(Cl)c1. The Bertz CT molecular complexity index is 492. The molecule has 5 heteroatoms. The first kappa shape index (κ1) is 11.1. The highest BCUT2D eigenvalue weighted by atomic mass is 35.5. The van der Waals surface area contributed by atoms with Crippen molar-refractivity contribution in [3.63, 3.8) is 0 Å². The fraction of sp³-hybridized carbons (Fsp3) is 0.273. The number of nitrogens with two attached hydrogens (primary N) is 1. The molecule has 2 N–H and O–H groups in total. The molecule has 0 fully saturated rings. The number of nitrogens with zero attached hydrogens (tertiary/aromatic N) is 3. The maximum absolute atomic E-state index is 6.13. The zero-order chi connectivity index (χ0) is 11.5. The predicted molar refractivity (Wildman–Crippen MR) is 63.2 cm³/mol. The Morgan fingerprint density at radius 2 is 2.25 bits per heavy atom. The first-order valence-corrected chi connectivity index (χ1v) is 5.41. The van der Waals surface area contributed by atoms with Gasteiger partial charge >= 0.3 is 0 Å². The maximum atomic E-state index is 6.13. The lowest BCUT2D eigenvalue weighted by Gasteiger charge is -2.04. The van der Waals surface area contributed by atoms with E-state index < -0.39 is 0 Å². The normalized spacial score (nSPS) is 10.7. The van der Waals surface area contributed by atoms with Gasteiger partial charge in [-0.3, -0.25) is 0 Å². The monoisotopic (exact) mass is 236 g/mol. The van der Waals surface area contributed by atoms with Gasteiger partial charge in [-0.05, 0) is 24.1 Å². The molecule has 0 saturated carbocycles. The number of halogens is 1. The van der Waals surface area contributed by atoms with Gasteiger partial charge in [0, 0.05) is 11.6 Å². The van der Waals surface area contributed by atoms with Gasteiger partial charge in [0.05, 0.1) is 18.4 Å². The highest BCUT2D eigenvalue weighted by Crippen LogP contribution is 2.18. The lowest BCUT2D eigenvalue weighted by atomic mass is 10.1. The molecule has 2 aromatic rings. The highest BCUT2D eigenvalue weighted by Gasteiger charge is 2.03. The van der Waals surface area contributed by atoms with Gasteiger partial charge in [-0.1, -0.05) is 28.9 Å². The summed E-state index contributed by atoms with van der Waals surface area (Å²) in [7, 11) is 0. The first-order chi connectivity index (χ1) is 7.69. The third-order valence-electron chi connectivity index (χ3n) is 2.34. The van der Waals surface area contributed by atoms with Gasteiger partial charge in [-0.25, -0.2) is 4.68 Å². The minimum Gasteiger partial charge on any atom is -0.325 e. The average Bonchev–Trinajstić information content (AvgIpc) is 2.70. The van der Waals surface area contributed by atoms with E-state index in [-0.39, 0.29) is 0 Å². The summed E-state index contributed by atoms with van der Waals surface area (Å²) in [6.45, 7) is 3.03. The van der Waals surface area contributed by atoms with E-state index in [0.29, 0.717) is 13.1 Å².